The van der Waals surface area contributed by atoms with E-state index in [1.165, 1.54) is 12.3 Å². The fraction of sp³-hybridized carbons (Fsp3) is 0.250. The molecule has 0 spiro atoms. The number of rotatable bonds is 2. The predicted molar refractivity (Wildman–Crippen MR) is 68.0 cm³/mol. The number of amides is 2. The van der Waals surface area contributed by atoms with E-state index in [1.54, 1.807) is 6.07 Å². The lowest BCUT2D eigenvalue weighted by molar-refractivity contribution is -0.117. The molecule has 6 nitrogen and oxygen atoms in total. The molecule has 1 aliphatic rings. The summed E-state index contributed by atoms with van der Waals surface area (Å²) in [5.41, 5.74) is 1.45. The van der Waals surface area contributed by atoms with E-state index in [0.29, 0.717) is 24.6 Å². The van der Waals surface area contributed by atoms with Crippen LogP contribution in [0.15, 0.2) is 24.9 Å². The molecule has 94 valence electrons. The van der Waals surface area contributed by atoms with Crippen LogP contribution >= 0.6 is 0 Å². The van der Waals surface area contributed by atoms with Crippen LogP contribution in [-0.4, -0.2) is 35.3 Å². The summed E-state index contributed by atoms with van der Waals surface area (Å²) < 4.78 is 0. The highest BCUT2D eigenvalue weighted by Crippen LogP contribution is 2.21. The molecular weight excluding hydrogens is 232 g/mol. The van der Waals surface area contributed by atoms with E-state index < -0.39 is 0 Å². The van der Waals surface area contributed by atoms with Crippen LogP contribution in [0.25, 0.3) is 0 Å². The molecule has 0 saturated carbocycles. The van der Waals surface area contributed by atoms with Gasteiger partial charge in [-0.05, 0) is 19.2 Å². The standard InChI is InChI=1S/C12H14N4O2/c1-3-10(17)14-9-4-8-6-16(2)7-11(18)15-12(8)13-5-9/h3-5H,1,6-7H2,2H3,(H,14,17)(H,13,15,18). The highest BCUT2D eigenvalue weighted by molar-refractivity contribution is 5.99. The first kappa shape index (κ1) is 12.3. The summed E-state index contributed by atoms with van der Waals surface area (Å²) in [6.45, 7) is 4.30. The fourth-order valence-electron chi connectivity index (χ4n) is 1.77. The van der Waals surface area contributed by atoms with Crippen LogP contribution in [0.5, 0.6) is 0 Å². The van der Waals surface area contributed by atoms with Gasteiger partial charge in [0.1, 0.15) is 5.82 Å². The van der Waals surface area contributed by atoms with Gasteiger partial charge in [0.25, 0.3) is 0 Å². The van der Waals surface area contributed by atoms with Gasteiger partial charge in [0.15, 0.2) is 0 Å². The Bertz CT molecular complexity index is 513. The molecule has 2 N–H and O–H groups in total. The summed E-state index contributed by atoms with van der Waals surface area (Å²) in [4.78, 5) is 28.7. The molecular formula is C12H14N4O2. The van der Waals surface area contributed by atoms with E-state index in [1.807, 2.05) is 11.9 Å². The first-order valence-electron chi connectivity index (χ1n) is 5.49. The normalized spacial score (nSPS) is 15.3. The maximum atomic E-state index is 11.5. The molecule has 2 amide bonds. The molecule has 18 heavy (non-hydrogen) atoms. The third-order valence-corrected chi connectivity index (χ3v) is 2.53. The second-order valence-electron chi connectivity index (χ2n) is 4.15. The van der Waals surface area contributed by atoms with E-state index in [2.05, 4.69) is 22.2 Å². The zero-order chi connectivity index (χ0) is 13.1. The van der Waals surface area contributed by atoms with E-state index >= 15 is 0 Å². The molecule has 0 bridgehead atoms. The van der Waals surface area contributed by atoms with Gasteiger partial charge in [-0.15, -0.1) is 0 Å². The van der Waals surface area contributed by atoms with E-state index in [4.69, 9.17) is 0 Å². The Balaban J connectivity index is 2.28. The number of nitrogens with zero attached hydrogens (tertiary/aromatic N) is 2. The average molecular weight is 246 g/mol. The van der Waals surface area contributed by atoms with Crippen LogP contribution in [0.3, 0.4) is 0 Å². The summed E-state index contributed by atoms with van der Waals surface area (Å²) in [6.07, 6.45) is 2.70. The van der Waals surface area contributed by atoms with Crippen LogP contribution in [0.1, 0.15) is 5.56 Å². The van der Waals surface area contributed by atoms with Crippen LogP contribution < -0.4 is 10.6 Å². The maximum Gasteiger partial charge on any atom is 0.247 e. The van der Waals surface area contributed by atoms with Gasteiger partial charge < -0.3 is 10.6 Å². The first-order chi connectivity index (χ1) is 8.58. The fourth-order valence-corrected chi connectivity index (χ4v) is 1.77. The Kier molecular flexibility index (Phi) is 3.38. The molecule has 2 rings (SSSR count). The molecule has 0 fully saturated rings. The second-order valence-corrected chi connectivity index (χ2v) is 4.15. The minimum absolute atomic E-state index is 0.0911. The molecule has 6 heteroatoms. The van der Waals surface area contributed by atoms with Gasteiger partial charge in [-0.25, -0.2) is 4.98 Å². The van der Waals surface area contributed by atoms with Gasteiger partial charge in [-0.1, -0.05) is 6.58 Å². The van der Waals surface area contributed by atoms with Gasteiger partial charge in [-0.2, -0.15) is 0 Å². The van der Waals surface area contributed by atoms with E-state index in [9.17, 15) is 9.59 Å². The Labute approximate surface area is 105 Å². The number of likely N-dealkylation sites (N-methyl/N-ethyl adjacent to an activating group) is 1. The van der Waals surface area contributed by atoms with Crippen molar-refractivity contribution in [2.75, 3.05) is 24.2 Å². The van der Waals surface area contributed by atoms with Crippen LogP contribution in [0.2, 0.25) is 0 Å². The minimum Gasteiger partial charge on any atom is -0.321 e. The van der Waals surface area contributed by atoms with Gasteiger partial charge >= 0.3 is 0 Å². The van der Waals surface area contributed by atoms with Gasteiger partial charge in [0, 0.05) is 12.1 Å². The number of carbonyl (C=O) groups is 2. The quantitative estimate of drug-likeness (QED) is 0.749. The highest BCUT2D eigenvalue weighted by atomic mass is 16.2. The Morgan fingerprint density at radius 1 is 1.61 bits per heavy atom. The number of pyridine rings is 1. The molecule has 0 radical (unpaired) electrons. The third-order valence-electron chi connectivity index (χ3n) is 2.53. The summed E-state index contributed by atoms with van der Waals surface area (Å²) in [7, 11) is 1.85. The van der Waals surface area contributed by atoms with Crippen LogP contribution in [0.4, 0.5) is 11.5 Å². The number of fused-ring (bicyclic) bond motifs is 1. The summed E-state index contributed by atoms with van der Waals surface area (Å²) in [6, 6.07) is 1.80. The van der Waals surface area contributed by atoms with Gasteiger partial charge in [-0.3, -0.25) is 14.5 Å². The Morgan fingerprint density at radius 2 is 2.39 bits per heavy atom. The first-order valence-corrected chi connectivity index (χ1v) is 5.49. The lowest BCUT2D eigenvalue weighted by Crippen LogP contribution is -2.26. The lowest BCUT2D eigenvalue weighted by atomic mass is 10.2. The monoisotopic (exact) mass is 246 g/mol. The number of hydrogen-bond acceptors (Lipinski definition) is 4. The van der Waals surface area contributed by atoms with Crippen molar-refractivity contribution in [1.29, 1.82) is 0 Å². The lowest BCUT2D eigenvalue weighted by Gasteiger charge is -2.12. The zero-order valence-electron chi connectivity index (χ0n) is 10.1. The topological polar surface area (TPSA) is 74.3 Å². The number of nitrogens with one attached hydrogen (secondary N) is 2. The molecule has 0 aliphatic carbocycles. The zero-order valence-corrected chi connectivity index (χ0v) is 10.1. The molecule has 1 aliphatic heterocycles. The van der Waals surface area contributed by atoms with Gasteiger partial charge in [0.05, 0.1) is 18.4 Å². The number of hydrogen-bond donors (Lipinski definition) is 2. The largest absolute Gasteiger partial charge is 0.321 e. The van der Waals surface area contributed by atoms with Crippen molar-refractivity contribution >= 4 is 23.3 Å². The van der Waals surface area contributed by atoms with E-state index in [0.717, 1.165) is 5.56 Å². The number of aromatic nitrogens is 1. The van der Waals surface area contributed by atoms with Crippen molar-refractivity contribution in [3.63, 3.8) is 0 Å². The summed E-state index contributed by atoms with van der Waals surface area (Å²) >= 11 is 0. The van der Waals surface area contributed by atoms with Crippen molar-refractivity contribution in [3.8, 4) is 0 Å². The maximum absolute atomic E-state index is 11.5. The SMILES string of the molecule is C=CC(=O)Nc1cnc2c(c1)CN(C)CC(=O)N2. The second kappa shape index (κ2) is 4.97. The van der Waals surface area contributed by atoms with Crippen molar-refractivity contribution in [2.24, 2.45) is 0 Å². The summed E-state index contributed by atoms with van der Waals surface area (Å²) in [5, 5.41) is 5.36. The number of carbonyl (C=O) groups excluding carboxylic acids is 2. The molecule has 2 heterocycles. The Morgan fingerprint density at radius 3 is 3.11 bits per heavy atom. The minimum atomic E-state index is -0.289. The third kappa shape index (κ3) is 2.72. The molecule has 0 saturated heterocycles. The van der Waals surface area contributed by atoms with Crippen LogP contribution in [0, 0.1) is 0 Å². The van der Waals surface area contributed by atoms with Crippen molar-refractivity contribution < 1.29 is 9.59 Å². The highest BCUT2D eigenvalue weighted by Gasteiger charge is 2.17. The molecule has 1 aromatic heterocycles. The smallest absolute Gasteiger partial charge is 0.247 e. The average Bonchev–Trinajstić information content (AvgIpc) is 2.45. The van der Waals surface area contributed by atoms with Crippen LogP contribution in [-0.2, 0) is 16.1 Å². The van der Waals surface area contributed by atoms with E-state index in [-0.39, 0.29) is 11.8 Å². The predicted octanol–water partition coefficient (Wildman–Crippen LogP) is 0.590. The molecule has 0 unspecified atom stereocenters. The number of anilines is 2. The van der Waals surface area contributed by atoms with Crippen molar-refractivity contribution in [3.05, 3.63) is 30.5 Å². The molecule has 0 aromatic carbocycles. The summed E-state index contributed by atoms with van der Waals surface area (Å²) in [5.74, 6) is 0.162. The van der Waals surface area contributed by atoms with Crippen molar-refractivity contribution in [1.82, 2.24) is 9.88 Å². The Hall–Kier alpha value is -2.21. The van der Waals surface area contributed by atoms with Crippen molar-refractivity contribution in [2.45, 2.75) is 6.54 Å². The molecule has 1 aromatic rings. The molecule has 0 atom stereocenters. The van der Waals surface area contributed by atoms with Gasteiger partial charge in [0.2, 0.25) is 11.8 Å².